The van der Waals surface area contributed by atoms with E-state index in [1.807, 2.05) is 11.8 Å². The lowest BCUT2D eigenvalue weighted by Crippen LogP contribution is -2.24. The average molecular weight is 312 g/mol. The third kappa shape index (κ3) is 2.63. The average Bonchev–Trinajstić information content (AvgIpc) is 3.25. The van der Waals surface area contributed by atoms with Gasteiger partial charge in [0.25, 0.3) is 0 Å². The Morgan fingerprint density at radius 3 is 2.85 bits per heavy atom. The minimum atomic E-state index is 0.202. The summed E-state index contributed by atoms with van der Waals surface area (Å²) >= 11 is 3.50. The number of carbonyl (C=O) groups excluding carboxylic acids is 1. The molecule has 1 aromatic rings. The number of hydrogen-bond acceptors (Lipinski definition) is 6. The fraction of sp³-hybridized carbons (Fsp3) is 0.643. The Morgan fingerprint density at radius 1 is 1.35 bits per heavy atom. The number of nitrogen functional groups attached to an aromatic ring is 1. The molecule has 0 aromatic carbocycles. The van der Waals surface area contributed by atoms with Gasteiger partial charge in [-0.05, 0) is 25.0 Å². The molecule has 3 rings (SSSR count). The highest BCUT2D eigenvalue weighted by atomic mass is 32.2. The Bertz CT molecular complexity index is 504. The van der Waals surface area contributed by atoms with Gasteiger partial charge in [0.2, 0.25) is 0 Å². The van der Waals surface area contributed by atoms with E-state index in [-0.39, 0.29) is 11.7 Å². The second-order valence-electron chi connectivity index (χ2n) is 5.27. The number of nitrogens with two attached hydrogens (primary N) is 1. The molecule has 1 saturated heterocycles. The minimum Gasteiger partial charge on any atom is -0.492 e. The molecule has 2 fully saturated rings. The molecule has 1 aliphatic heterocycles. The normalized spacial score (nSPS) is 19.8. The summed E-state index contributed by atoms with van der Waals surface area (Å²) in [6, 6.07) is 0. The lowest BCUT2D eigenvalue weighted by atomic mass is 10.2. The molecule has 0 radical (unpaired) electrons. The zero-order valence-electron chi connectivity index (χ0n) is 11.7. The van der Waals surface area contributed by atoms with E-state index in [4.69, 9.17) is 10.5 Å². The summed E-state index contributed by atoms with van der Waals surface area (Å²) < 4.78 is 5.49. The Kier molecular flexibility index (Phi) is 4.12. The zero-order valence-corrected chi connectivity index (χ0v) is 13.3. The molecule has 1 aliphatic carbocycles. The Balaban J connectivity index is 1.92. The molecule has 2 aliphatic rings. The molecule has 6 heteroatoms. The Labute approximate surface area is 127 Å². The predicted octanol–water partition coefficient (Wildman–Crippen LogP) is 2.87. The van der Waals surface area contributed by atoms with E-state index in [2.05, 4.69) is 4.90 Å². The van der Waals surface area contributed by atoms with E-state index in [1.54, 1.807) is 7.11 Å². The molecule has 20 heavy (non-hydrogen) atoms. The number of methoxy groups -OCH3 is 1. The van der Waals surface area contributed by atoms with Crippen LogP contribution < -0.4 is 15.4 Å². The van der Waals surface area contributed by atoms with Gasteiger partial charge in [0.1, 0.15) is 5.00 Å². The van der Waals surface area contributed by atoms with Crippen LogP contribution in [0.5, 0.6) is 5.75 Å². The van der Waals surface area contributed by atoms with Crippen molar-refractivity contribution in [2.75, 3.05) is 42.3 Å². The standard InChI is InChI=1S/C14H20N2O2S2/c1-18-12-10(15)13(11(17)9-3-4-9)20-14(12)16-5-2-7-19-8-6-16/h9H,2-8,15H2,1H3. The highest BCUT2D eigenvalue weighted by molar-refractivity contribution is 7.99. The quantitative estimate of drug-likeness (QED) is 0.866. The van der Waals surface area contributed by atoms with Crippen LogP contribution >= 0.6 is 23.1 Å². The maximum absolute atomic E-state index is 12.3. The van der Waals surface area contributed by atoms with Crippen molar-refractivity contribution in [2.45, 2.75) is 19.3 Å². The molecular formula is C14H20N2O2S2. The van der Waals surface area contributed by atoms with Gasteiger partial charge in [0.05, 0.1) is 17.7 Å². The molecule has 0 bridgehead atoms. The summed E-state index contributed by atoms with van der Waals surface area (Å²) in [5.41, 5.74) is 6.70. The van der Waals surface area contributed by atoms with Crippen molar-refractivity contribution in [3.8, 4) is 5.75 Å². The highest BCUT2D eigenvalue weighted by Gasteiger charge is 2.35. The number of Topliss-reactive ketones (excluding diaryl/α,β-unsaturated/α-hetero) is 1. The number of carbonyl (C=O) groups is 1. The fourth-order valence-electron chi connectivity index (χ4n) is 2.48. The largest absolute Gasteiger partial charge is 0.492 e. The van der Waals surface area contributed by atoms with Gasteiger partial charge in [0, 0.05) is 24.8 Å². The van der Waals surface area contributed by atoms with E-state index < -0.39 is 0 Å². The summed E-state index contributed by atoms with van der Waals surface area (Å²) in [6.07, 6.45) is 3.18. The van der Waals surface area contributed by atoms with Crippen LogP contribution in [0.15, 0.2) is 0 Å². The first-order valence-corrected chi connectivity index (χ1v) is 9.02. The van der Waals surface area contributed by atoms with Crippen LogP contribution in [0.2, 0.25) is 0 Å². The number of ether oxygens (including phenoxy) is 1. The molecule has 2 N–H and O–H groups in total. The van der Waals surface area contributed by atoms with Crippen molar-refractivity contribution < 1.29 is 9.53 Å². The lowest BCUT2D eigenvalue weighted by Gasteiger charge is -2.21. The summed E-state index contributed by atoms with van der Waals surface area (Å²) in [4.78, 5) is 15.3. The van der Waals surface area contributed by atoms with E-state index in [0.29, 0.717) is 16.3 Å². The molecule has 0 amide bonds. The van der Waals surface area contributed by atoms with Crippen molar-refractivity contribution in [1.82, 2.24) is 0 Å². The predicted molar refractivity (Wildman–Crippen MR) is 86.5 cm³/mol. The van der Waals surface area contributed by atoms with Crippen molar-refractivity contribution in [2.24, 2.45) is 5.92 Å². The van der Waals surface area contributed by atoms with Crippen LogP contribution in [0.4, 0.5) is 10.7 Å². The smallest absolute Gasteiger partial charge is 0.178 e. The van der Waals surface area contributed by atoms with E-state index in [1.165, 1.54) is 17.1 Å². The van der Waals surface area contributed by atoms with Crippen LogP contribution in [-0.2, 0) is 0 Å². The topological polar surface area (TPSA) is 55.6 Å². The third-order valence-electron chi connectivity index (χ3n) is 3.77. The molecule has 110 valence electrons. The van der Waals surface area contributed by atoms with Gasteiger partial charge in [-0.2, -0.15) is 11.8 Å². The maximum atomic E-state index is 12.3. The number of hydrogen-bond donors (Lipinski definition) is 1. The van der Waals surface area contributed by atoms with Crippen LogP contribution in [0.1, 0.15) is 28.9 Å². The molecular weight excluding hydrogens is 292 g/mol. The SMILES string of the molecule is COc1c(N2CCCSCC2)sc(C(=O)C2CC2)c1N. The molecule has 0 unspecified atom stereocenters. The number of anilines is 2. The van der Waals surface area contributed by atoms with Crippen LogP contribution in [0.25, 0.3) is 0 Å². The minimum absolute atomic E-state index is 0.202. The van der Waals surface area contributed by atoms with Gasteiger partial charge in [-0.15, -0.1) is 11.3 Å². The first-order valence-electron chi connectivity index (χ1n) is 7.05. The molecule has 0 atom stereocenters. The molecule has 4 nitrogen and oxygen atoms in total. The van der Waals surface area contributed by atoms with Gasteiger partial charge >= 0.3 is 0 Å². The number of thiophene rings is 1. The monoisotopic (exact) mass is 312 g/mol. The molecule has 0 spiro atoms. The third-order valence-corrected chi connectivity index (χ3v) is 6.08. The summed E-state index contributed by atoms with van der Waals surface area (Å²) in [5.74, 6) is 3.43. The van der Waals surface area contributed by atoms with Crippen molar-refractivity contribution >= 4 is 39.6 Å². The zero-order chi connectivity index (χ0) is 14.1. The summed E-state index contributed by atoms with van der Waals surface area (Å²) in [6.45, 7) is 2.01. The maximum Gasteiger partial charge on any atom is 0.178 e. The fourth-order valence-corrected chi connectivity index (χ4v) is 4.63. The second kappa shape index (κ2) is 5.85. The van der Waals surface area contributed by atoms with Gasteiger partial charge < -0.3 is 15.4 Å². The van der Waals surface area contributed by atoms with Crippen molar-refractivity contribution in [3.05, 3.63) is 4.88 Å². The summed E-state index contributed by atoms with van der Waals surface area (Å²) in [7, 11) is 1.64. The number of nitrogens with zero attached hydrogens (tertiary/aromatic N) is 1. The lowest BCUT2D eigenvalue weighted by molar-refractivity contribution is 0.0972. The van der Waals surface area contributed by atoms with Crippen molar-refractivity contribution in [3.63, 3.8) is 0 Å². The van der Waals surface area contributed by atoms with Crippen LogP contribution in [-0.4, -0.2) is 37.5 Å². The molecule has 1 aromatic heterocycles. The van der Waals surface area contributed by atoms with Gasteiger partial charge in [-0.3, -0.25) is 4.79 Å². The summed E-state index contributed by atoms with van der Waals surface area (Å²) in [5, 5.41) is 1.04. The van der Waals surface area contributed by atoms with Crippen LogP contribution in [0, 0.1) is 5.92 Å². The van der Waals surface area contributed by atoms with Gasteiger partial charge in [-0.25, -0.2) is 0 Å². The van der Waals surface area contributed by atoms with E-state index >= 15 is 0 Å². The number of rotatable bonds is 4. The van der Waals surface area contributed by atoms with E-state index in [9.17, 15) is 4.79 Å². The van der Waals surface area contributed by atoms with E-state index in [0.717, 1.165) is 43.1 Å². The Morgan fingerprint density at radius 2 is 2.15 bits per heavy atom. The molecule has 2 heterocycles. The second-order valence-corrected chi connectivity index (χ2v) is 7.50. The first kappa shape index (κ1) is 14.1. The van der Waals surface area contributed by atoms with Gasteiger partial charge in [0.15, 0.2) is 11.5 Å². The Hall–Kier alpha value is -0.880. The van der Waals surface area contributed by atoms with Crippen LogP contribution in [0.3, 0.4) is 0 Å². The number of ketones is 1. The van der Waals surface area contributed by atoms with Gasteiger partial charge in [-0.1, -0.05) is 0 Å². The van der Waals surface area contributed by atoms with Crippen molar-refractivity contribution in [1.29, 1.82) is 0 Å². The highest BCUT2D eigenvalue weighted by Crippen LogP contribution is 2.48. The first-order chi connectivity index (χ1) is 9.72. The number of thioether (sulfide) groups is 1. The molecule has 1 saturated carbocycles.